The molecular weight excluding hydrogens is 358 g/mol. The standard InChI is InChI=1S/C22H23NO5/c1-12-13(2)21-19(14(3)20(12)28-15(4)24)9-16(11-27-21)22(25)23-17-7-6-8-18(10-17)26-5/h6-10H,11H2,1-5H3,(H,23,25). The maximum absolute atomic E-state index is 12.7. The Hall–Kier alpha value is -3.28. The molecule has 2 aromatic rings. The van der Waals surface area contributed by atoms with Gasteiger partial charge >= 0.3 is 5.97 Å². The quantitative estimate of drug-likeness (QED) is 0.641. The molecule has 1 aliphatic heterocycles. The van der Waals surface area contributed by atoms with Crippen molar-refractivity contribution in [1.29, 1.82) is 0 Å². The number of benzene rings is 2. The summed E-state index contributed by atoms with van der Waals surface area (Å²) in [5.41, 5.74) is 4.37. The van der Waals surface area contributed by atoms with Gasteiger partial charge in [0.25, 0.3) is 5.91 Å². The van der Waals surface area contributed by atoms with Crippen molar-refractivity contribution in [2.24, 2.45) is 0 Å². The molecule has 1 heterocycles. The van der Waals surface area contributed by atoms with Gasteiger partial charge in [0.15, 0.2) is 0 Å². The van der Waals surface area contributed by atoms with E-state index in [1.54, 1.807) is 37.5 Å². The second kappa shape index (κ2) is 7.76. The Morgan fingerprint density at radius 1 is 1.11 bits per heavy atom. The van der Waals surface area contributed by atoms with Gasteiger partial charge in [-0.3, -0.25) is 9.59 Å². The number of carbonyl (C=O) groups excluding carboxylic acids is 2. The summed E-state index contributed by atoms with van der Waals surface area (Å²) in [4.78, 5) is 24.2. The van der Waals surface area contributed by atoms with Crippen LogP contribution in [-0.4, -0.2) is 25.6 Å². The van der Waals surface area contributed by atoms with Crippen molar-refractivity contribution < 1.29 is 23.8 Å². The zero-order valence-electron chi connectivity index (χ0n) is 16.6. The number of hydrogen-bond donors (Lipinski definition) is 1. The zero-order valence-corrected chi connectivity index (χ0v) is 16.6. The number of fused-ring (bicyclic) bond motifs is 1. The third kappa shape index (κ3) is 3.71. The highest BCUT2D eigenvalue weighted by atomic mass is 16.5. The van der Waals surface area contributed by atoms with E-state index in [9.17, 15) is 9.59 Å². The van der Waals surface area contributed by atoms with E-state index in [-0.39, 0.29) is 18.5 Å². The highest BCUT2D eigenvalue weighted by Crippen LogP contribution is 2.41. The molecule has 28 heavy (non-hydrogen) atoms. The molecule has 0 aromatic heterocycles. The van der Waals surface area contributed by atoms with Gasteiger partial charge in [-0.15, -0.1) is 0 Å². The first-order valence-electron chi connectivity index (χ1n) is 8.92. The van der Waals surface area contributed by atoms with Crippen molar-refractivity contribution in [2.45, 2.75) is 27.7 Å². The number of hydrogen-bond acceptors (Lipinski definition) is 5. The van der Waals surface area contributed by atoms with E-state index in [1.807, 2.05) is 20.8 Å². The molecule has 6 heteroatoms. The van der Waals surface area contributed by atoms with Gasteiger partial charge in [-0.2, -0.15) is 0 Å². The molecule has 0 saturated heterocycles. The molecule has 0 radical (unpaired) electrons. The molecule has 1 aliphatic rings. The predicted octanol–water partition coefficient (Wildman–Crippen LogP) is 3.96. The Kier molecular flexibility index (Phi) is 5.40. The molecule has 3 rings (SSSR count). The Morgan fingerprint density at radius 2 is 1.86 bits per heavy atom. The lowest BCUT2D eigenvalue weighted by atomic mass is 9.94. The fourth-order valence-corrected chi connectivity index (χ4v) is 3.18. The van der Waals surface area contributed by atoms with Crippen LogP contribution in [0, 0.1) is 20.8 Å². The van der Waals surface area contributed by atoms with Crippen LogP contribution in [0.2, 0.25) is 0 Å². The van der Waals surface area contributed by atoms with Crippen molar-refractivity contribution in [3.8, 4) is 17.2 Å². The molecule has 0 fully saturated rings. The summed E-state index contributed by atoms with van der Waals surface area (Å²) in [5.74, 6) is 1.24. The van der Waals surface area contributed by atoms with Crippen LogP contribution in [-0.2, 0) is 9.59 Å². The van der Waals surface area contributed by atoms with E-state index >= 15 is 0 Å². The molecule has 146 valence electrons. The number of methoxy groups -OCH3 is 1. The molecule has 0 saturated carbocycles. The van der Waals surface area contributed by atoms with Gasteiger partial charge in [0.1, 0.15) is 23.9 Å². The molecule has 0 unspecified atom stereocenters. The molecule has 0 aliphatic carbocycles. The van der Waals surface area contributed by atoms with Crippen LogP contribution in [0.5, 0.6) is 17.2 Å². The van der Waals surface area contributed by atoms with Crippen LogP contribution in [0.3, 0.4) is 0 Å². The molecule has 0 spiro atoms. The minimum absolute atomic E-state index is 0.162. The topological polar surface area (TPSA) is 73.9 Å². The summed E-state index contributed by atoms with van der Waals surface area (Å²) in [6.07, 6.45) is 1.79. The van der Waals surface area contributed by atoms with Crippen molar-refractivity contribution in [1.82, 2.24) is 0 Å². The smallest absolute Gasteiger partial charge is 0.308 e. The van der Waals surface area contributed by atoms with Gasteiger partial charge in [-0.1, -0.05) is 6.07 Å². The Labute approximate surface area is 164 Å². The number of rotatable bonds is 4. The molecule has 0 atom stereocenters. The van der Waals surface area contributed by atoms with Crippen molar-refractivity contribution in [2.75, 3.05) is 19.0 Å². The third-order valence-corrected chi connectivity index (χ3v) is 4.79. The van der Waals surface area contributed by atoms with Crippen LogP contribution in [0.1, 0.15) is 29.2 Å². The first-order valence-corrected chi connectivity index (χ1v) is 8.92. The van der Waals surface area contributed by atoms with E-state index in [0.717, 1.165) is 22.3 Å². The lowest BCUT2D eigenvalue weighted by molar-refractivity contribution is -0.132. The third-order valence-electron chi connectivity index (χ3n) is 4.79. The molecule has 0 bridgehead atoms. The highest BCUT2D eigenvalue weighted by Gasteiger charge is 2.25. The summed E-state index contributed by atoms with van der Waals surface area (Å²) >= 11 is 0. The van der Waals surface area contributed by atoms with E-state index in [0.29, 0.717) is 28.5 Å². The maximum Gasteiger partial charge on any atom is 0.308 e. The zero-order chi connectivity index (χ0) is 20.4. The van der Waals surface area contributed by atoms with Gasteiger partial charge in [0.05, 0.1) is 12.7 Å². The van der Waals surface area contributed by atoms with E-state index in [4.69, 9.17) is 14.2 Å². The minimum Gasteiger partial charge on any atom is -0.497 e. The largest absolute Gasteiger partial charge is 0.497 e. The average molecular weight is 381 g/mol. The van der Waals surface area contributed by atoms with E-state index in [1.165, 1.54) is 6.92 Å². The van der Waals surface area contributed by atoms with Crippen molar-refractivity contribution in [3.63, 3.8) is 0 Å². The molecule has 1 amide bonds. The van der Waals surface area contributed by atoms with Crippen LogP contribution in [0.25, 0.3) is 6.08 Å². The number of anilines is 1. The van der Waals surface area contributed by atoms with Gasteiger partial charge in [-0.05, 0) is 50.1 Å². The van der Waals surface area contributed by atoms with Crippen LogP contribution in [0.4, 0.5) is 5.69 Å². The molecule has 1 N–H and O–H groups in total. The summed E-state index contributed by atoms with van der Waals surface area (Å²) in [7, 11) is 1.57. The van der Waals surface area contributed by atoms with E-state index in [2.05, 4.69) is 5.32 Å². The van der Waals surface area contributed by atoms with E-state index < -0.39 is 0 Å². The number of ether oxygens (including phenoxy) is 3. The van der Waals surface area contributed by atoms with Crippen molar-refractivity contribution >= 4 is 23.6 Å². The van der Waals surface area contributed by atoms with Gasteiger partial charge in [-0.25, -0.2) is 0 Å². The Balaban J connectivity index is 1.96. The van der Waals surface area contributed by atoms with Crippen LogP contribution in [0.15, 0.2) is 29.8 Å². The fraction of sp³-hybridized carbons (Fsp3) is 0.273. The summed E-state index contributed by atoms with van der Waals surface area (Å²) < 4.78 is 16.5. The summed E-state index contributed by atoms with van der Waals surface area (Å²) in [6, 6.07) is 7.14. The number of esters is 1. The average Bonchev–Trinajstić information content (AvgIpc) is 2.69. The number of nitrogens with one attached hydrogen (secondary N) is 1. The predicted molar refractivity (Wildman–Crippen MR) is 107 cm³/mol. The van der Waals surface area contributed by atoms with Gasteiger partial charge in [0.2, 0.25) is 0 Å². The second-order valence-corrected chi connectivity index (χ2v) is 6.68. The first-order chi connectivity index (χ1) is 13.3. The second-order valence-electron chi connectivity index (χ2n) is 6.68. The molecule has 6 nitrogen and oxygen atoms in total. The summed E-state index contributed by atoms with van der Waals surface area (Å²) in [6.45, 7) is 7.18. The normalized spacial score (nSPS) is 12.4. The summed E-state index contributed by atoms with van der Waals surface area (Å²) in [5, 5.41) is 2.86. The monoisotopic (exact) mass is 381 g/mol. The van der Waals surface area contributed by atoms with Crippen LogP contribution >= 0.6 is 0 Å². The Bertz CT molecular complexity index is 991. The SMILES string of the molecule is COc1cccc(NC(=O)C2=Cc3c(C)c(OC(C)=O)c(C)c(C)c3OC2)c1. The van der Waals surface area contributed by atoms with Gasteiger partial charge in [0, 0.05) is 29.8 Å². The lowest BCUT2D eigenvalue weighted by Gasteiger charge is -2.24. The lowest BCUT2D eigenvalue weighted by Crippen LogP contribution is -2.22. The maximum atomic E-state index is 12.7. The molecule has 2 aromatic carbocycles. The highest BCUT2D eigenvalue weighted by molar-refractivity contribution is 6.08. The van der Waals surface area contributed by atoms with Crippen LogP contribution < -0.4 is 19.5 Å². The van der Waals surface area contributed by atoms with Gasteiger partial charge < -0.3 is 19.5 Å². The molecular formula is C22H23NO5. The fourth-order valence-electron chi connectivity index (χ4n) is 3.18. The Morgan fingerprint density at radius 3 is 2.54 bits per heavy atom. The minimum atomic E-state index is -0.387. The number of amides is 1. The number of carbonyl (C=O) groups is 2. The van der Waals surface area contributed by atoms with Crippen molar-refractivity contribution in [3.05, 3.63) is 52.1 Å². The first kappa shape index (κ1) is 19.5.